The van der Waals surface area contributed by atoms with Crippen LogP contribution in [0.15, 0.2) is 12.3 Å². The van der Waals surface area contributed by atoms with Crippen LogP contribution in [0.3, 0.4) is 0 Å². The molecule has 33 heavy (non-hydrogen) atoms. The summed E-state index contributed by atoms with van der Waals surface area (Å²) in [4.78, 5) is 19.5. The van der Waals surface area contributed by atoms with Gasteiger partial charge in [-0.15, -0.1) is 0 Å². The van der Waals surface area contributed by atoms with E-state index in [2.05, 4.69) is 10.3 Å². The van der Waals surface area contributed by atoms with Gasteiger partial charge >= 0.3 is 6.18 Å². The third-order valence-corrected chi connectivity index (χ3v) is 7.73. The monoisotopic (exact) mass is 469 g/mol. The number of aromatic nitrogens is 1. The van der Waals surface area contributed by atoms with E-state index in [9.17, 15) is 18.0 Å². The Kier molecular flexibility index (Phi) is 6.13. The fourth-order valence-electron chi connectivity index (χ4n) is 5.98. The molecular formula is C23H30F3N3O4. The van der Waals surface area contributed by atoms with Crippen molar-refractivity contribution in [2.24, 2.45) is 5.41 Å². The Morgan fingerprint density at radius 1 is 1.36 bits per heavy atom. The molecule has 0 bridgehead atoms. The van der Waals surface area contributed by atoms with Crippen LogP contribution in [0.2, 0.25) is 0 Å². The van der Waals surface area contributed by atoms with Crippen molar-refractivity contribution in [2.45, 2.75) is 69.1 Å². The van der Waals surface area contributed by atoms with E-state index in [1.54, 1.807) is 12.0 Å². The SMILES string of the molecule is CO[C@@H]1COCC[C@@H]1NC1C[C@H]2OCC[C@@]2(C(=O)N2CCc3ncc(C(F)(F)F)cc3C2)C1. The van der Waals surface area contributed by atoms with E-state index < -0.39 is 17.2 Å². The van der Waals surface area contributed by atoms with Crippen LogP contribution in [-0.4, -0.2) is 73.6 Å². The van der Waals surface area contributed by atoms with E-state index in [0.717, 1.165) is 25.1 Å². The number of hydrogen-bond acceptors (Lipinski definition) is 6. The minimum absolute atomic E-state index is 0.00682. The first kappa shape index (κ1) is 23.0. The molecule has 3 fully saturated rings. The average molecular weight is 470 g/mol. The summed E-state index contributed by atoms with van der Waals surface area (Å²) in [6, 6.07) is 1.42. The zero-order valence-corrected chi connectivity index (χ0v) is 18.7. The number of nitrogens with zero attached hydrogens (tertiary/aromatic N) is 2. The first-order valence-corrected chi connectivity index (χ1v) is 11.6. The molecule has 0 aromatic carbocycles. The summed E-state index contributed by atoms with van der Waals surface area (Å²) in [5.41, 5.74) is -0.281. The van der Waals surface area contributed by atoms with Crippen LogP contribution in [0.5, 0.6) is 0 Å². The fraction of sp³-hybridized carbons (Fsp3) is 0.739. The highest BCUT2D eigenvalue weighted by Crippen LogP contribution is 2.49. The Bertz CT molecular complexity index is 898. The maximum atomic E-state index is 13.8. The molecule has 4 heterocycles. The number of methoxy groups -OCH3 is 1. The molecule has 0 radical (unpaired) electrons. The second-order valence-corrected chi connectivity index (χ2v) is 9.62. The second kappa shape index (κ2) is 8.79. The standard InChI is InChI=1S/C23H30F3N3O4/c1-31-19-13-32-6-3-18(19)28-16-9-20-22(10-16,4-7-33-20)21(30)29-5-2-17-14(12-29)8-15(11-27-17)23(24,25)26/h8,11,16,18-20,28H,2-7,9-10,12-13H2,1H3/t16?,18-,19+,20+,22+/m0/s1. The summed E-state index contributed by atoms with van der Waals surface area (Å²) >= 11 is 0. The van der Waals surface area contributed by atoms with Crippen molar-refractivity contribution in [2.75, 3.05) is 33.5 Å². The minimum atomic E-state index is -4.45. The van der Waals surface area contributed by atoms with E-state index in [4.69, 9.17) is 14.2 Å². The van der Waals surface area contributed by atoms with E-state index in [1.807, 2.05) is 0 Å². The smallest absolute Gasteiger partial charge is 0.379 e. The molecule has 1 N–H and O–H groups in total. The van der Waals surface area contributed by atoms with Crippen LogP contribution in [0.1, 0.15) is 42.5 Å². The van der Waals surface area contributed by atoms with Gasteiger partial charge in [0.25, 0.3) is 0 Å². The number of amides is 1. The van der Waals surface area contributed by atoms with Gasteiger partial charge in [-0.05, 0) is 37.3 Å². The molecule has 1 saturated carbocycles. The zero-order chi connectivity index (χ0) is 23.2. The number of fused-ring (bicyclic) bond motifs is 2. The van der Waals surface area contributed by atoms with Crippen molar-refractivity contribution in [1.29, 1.82) is 0 Å². The van der Waals surface area contributed by atoms with Crippen molar-refractivity contribution in [1.82, 2.24) is 15.2 Å². The Balaban J connectivity index is 1.31. The van der Waals surface area contributed by atoms with Gasteiger partial charge in [0.2, 0.25) is 5.91 Å². The molecule has 7 nitrogen and oxygen atoms in total. The Hall–Kier alpha value is -1.75. The molecule has 182 valence electrons. The molecule has 1 unspecified atom stereocenters. The van der Waals surface area contributed by atoms with Crippen LogP contribution in [-0.2, 0) is 38.1 Å². The summed E-state index contributed by atoms with van der Waals surface area (Å²) in [5, 5.41) is 3.68. The predicted molar refractivity (Wildman–Crippen MR) is 111 cm³/mol. The van der Waals surface area contributed by atoms with E-state index in [1.165, 1.54) is 0 Å². The Morgan fingerprint density at radius 2 is 2.21 bits per heavy atom. The number of rotatable bonds is 4. The Labute approximate surface area is 191 Å². The van der Waals surface area contributed by atoms with Gasteiger partial charge in [0.05, 0.1) is 29.8 Å². The quantitative estimate of drug-likeness (QED) is 0.730. The normalized spacial score (nSPS) is 34.2. The summed E-state index contributed by atoms with van der Waals surface area (Å²) in [7, 11) is 1.68. The van der Waals surface area contributed by atoms with Crippen molar-refractivity contribution in [3.8, 4) is 0 Å². The second-order valence-electron chi connectivity index (χ2n) is 9.62. The lowest BCUT2D eigenvalue weighted by Gasteiger charge is -2.37. The number of pyridine rings is 1. The van der Waals surface area contributed by atoms with Crippen molar-refractivity contribution >= 4 is 5.91 Å². The van der Waals surface area contributed by atoms with Gasteiger partial charge in [-0.3, -0.25) is 9.78 Å². The summed E-state index contributed by atoms with van der Waals surface area (Å²) in [6.45, 7) is 2.37. The van der Waals surface area contributed by atoms with Gasteiger partial charge in [-0.25, -0.2) is 0 Å². The van der Waals surface area contributed by atoms with Crippen LogP contribution >= 0.6 is 0 Å². The maximum Gasteiger partial charge on any atom is 0.417 e. The average Bonchev–Trinajstić information content (AvgIpc) is 3.35. The number of alkyl halides is 3. The van der Waals surface area contributed by atoms with Crippen LogP contribution in [0.25, 0.3) is 0 Å². The Morgan fingerprint density at radius 3 is 3.00 bits per heavy atom. The molecule has 1 amide bonds. The third kappa shape index (κ3) is 4.26. The lowest BCUT2D eigenvalue weighted by atomic mass is 9.80. The number of nitrogens with one attached hydrogen (secondary N) is 1. The molecule has 10 heteroatoms. The third-order valence-electron chi connectivity index (χ3n) is 7.73. The number of ether oxygens (including phenoxy) is 3. The minimum Gasteiger partial charge on any atom is -0.379 e. The topological polar surface area (TPSA) is 72.9 Å². The highest BCUT2D eigenvalue weighted by atomic mass is 19.4. The van der Waals surface area contributed by atoms with Crippen molar-refractivity contribution in [3.63, 3.8) is 0 Å². The molecule has 1 aromatic heterocycles. The molecule has 5 rings (SSSR count). The molecular weight excluding hydrogens is 439 g/mol. The zero-order valence-electron chi connectivity index (χ0n) is 18.7. The van der Waals surface area contributed by atoms with Gasteiger partial charge in [0.1, 0.15) is 0 Å². The number of hydrogen-bond donors (Lipinski definition) is 1. The maximum absolute atomic E-state index is 13.8. The van der Waals surface area contributed by atoms with Gasteiger partial charge in [-0.1, -0.05) is 0 Å². The molecule has 1 aromatic rings. The van der Waals surface area contributed by atoms with Gasteiger partial charge in [0.15, 0.2) is 0 Å². The van der Waals surface area contributed by atoms with Gasteiger partial charge in [-0.2, -0.15) is 13.2 Å². The summed E-state index contributed by atoms with van der Waals surface area (Å²) in [6.07, 6.45) is -0.430. The first-order chi connectivity index (χ1) is 15.8. The largest absolute Gasteiger partial charge is 0.417 e. The molecule has 5 atom stereocenters. The van der Waals surface area contributed by atoms with Crippen LogP contribution < -0.4 is 5.32 Å². The van der Waals surface area contributed by atoms with Gasteiger partial charge in [0, 0.05) is 63.8 Å². The highest BCUT2D eigenvalue weighted by molar-refractivity contribution is 5.84. The van der Waals surface area contributed by atoms with Gasteiger partial charge < -0.3 is 24.4 Å². The fourth-order valence-corrected chi connectivity index (χ4v) is 5.98. The first-order valence-electron chi connectivity index (χ1n) is 11.6. The number of halogens is 3. The molecule has 1 aliphatic carbocycles. The molecule has 0 spiro atoms. The summed E-state index contributed by atoms with van der Waals surface area (Å²) in [5.74, 6) is -0.00682. The van der Waals surface area contributed by atoms with E-state index >= 15 is 0 Å². The van der Waals surface area contributed by atoms with Crippen LogP contribution in [0.4, 0.5) is 13.2 Å². The lowest BCUT2D eigenvalue weighted by molar-refractivity contribution is -0.145. The lowest BCUT2D eigenvalue weighted by Crippen LogP contribution is -2.51. The predicted octanol–water partition coefficient (Wildman–Crippen LogP) is 2.32. The molecule has 2 saturated heterocycles. The molecule has 4 aliphatic rings. The van der Waals surface area contributed by atoms with Crippen LogP contribution in [0, 0.1) is 5.41 Å². The molecule has 3 aliphatic heterocycles. The number of carbonyl (C=O) groups excluding carboxylic acids is 1. The number of carbonyl (C=O) groups is 1. The highest BCUT2D eigenvalue weighted by Gasteiger charge is 2.58. The van der Waals surface area contributed by atoms with E-state index in [0.29, 0.717) is 56.9 Å². The van der Waals surface area contributed by atoms with Crippen molar-refractivity contribution in [3.05, 3.63) is 29.1 Å². The summed E-state index contributed by atoms with van der Waals surface area (Å²) < 4.78 is 56.6. The van der Waals surface area contributed by atoms with E-state index in [-0.39, 0.29) is 36.7 Å². The van der Waals surface area contributed by atoms with Crippen molar-refractivity contribution < 1.29 is 32.2 Å².